The lowest BCUT2D eigenvalue weighted by molar-refractivity contribution is -0.128. The van der Waals surface area contributed by atoms with E-state index in [9.17, 15) is 14.4 Å². The van der Waals surface area contributed by atoms with Crippen molar-refractivity contribution in [2.75, 3.05) is 0 Å². The molecule has 1 atom stereocenters. The zero-order chi connectivity index (χ0) is 15.6. The van der Waals surface area contributed by atoms with Crippen LogP contribution in [0.25, 0.3) is 5.52 Å². The van der Waals surface area contributed by atoms with E-state index < -0.39 is 6.04 Å². The molecule has 0 fully saturated rings. The topological polar surface area (TPSA) is 85.5 Å². The van der Waals surface area contributed by atoms with E-state index in [0.29, 0.717) is 5.52 Å². The van der Waals surface area contributed by atoms with Crippen LogP contribution in [0.2, 0.25) is 0 Å². The third-order valence-corrected chi connectivity index (χ3v) is 3.27. The van der Waals surface area contributed by atoms with Crippen LogP contribution < -0.4 is 10.9 Å². The van der Waals surface area contributed by atoms with Gasteiger partial charge in [0.25, 0.3) is 5.56 Å². The van der Waals surface area contributed by atoms with E-state index in [4.69, 9.17) is 0 Å². The van der Waals surface area contributed by atoms with Crippen LogP contribution >= 0.6 is 0 Å². The van der Waals surface area contributed by atoms with Gasteiger partial charge < -0.3 is 9.88 Å². The van der Waals surface area contributed by atoms with E-state index in [-0.39, 0.29) is 29.7 Å². The molecule has 0 aromatic carbocycles. The number of rotatable bonds is 5. The Balaban J connectivity index is 2.16. The van der Waals surface area contributed by atoms with Crippen molar-refractivity contribution < 1.29 is 9.59 Å². The first kappa shape index (κ1) is 15.0. The lowest BCUT2D eigenvalue weighted by Crippen LogP contribution is -2.45. The molecule has 1 N–H and O–H groups in total. The molecule has 21 heavy (non-hydrogen) atoms. The number of fused-ring (bicyclic) bond motifs is 1. The molecule has 1 unspecified atom stereocenters. The molecule has 0 aliphatic heterocycles. The van der Waals surface area contributed by atoms with Gasteiger partial charge >= 0.3 is 0 Å². The van der Waals surface area contributed by atoms with Gasteiger partial charge in [0.2, 0.25) is 5.91 Å². The van der Waals surface area contributed by atoms with Gasteiger partial charge in [-0.25, -0.2) is 4.52 Å². The Morgan fingerprint density at radius 1 is 1.33 bits per heavy atom. The molecule has 0 saturated carbocycles. The molecule has 7 nitrogen and oxygen atoms in total. The van der Waals surface area contributed by atoms with Crippen LogP contribution in [0.3, 0.4) is 0 Å². The van der Waals surface area contributed by atoms with E-state index in [2.05, 4.69) is 10.4 Å². The van der Waals surface area contributed by atoms with Gasteiger partial charge in [-0.3, -0.25) is 14.4 Å². The summed E-state index contributed by atoms with van der Waals surface area (Å²) in [4.78, 5) is 35.6. The number of Topliss-reactive ketones (excluding diaryl/α,β-unsaturated/α-hetero) is 1. The van der Waals surface area contributed by atoms with Gasteiger partial charge in [-0.1, -0.05) is 13.8 Å². The van der Waals surface area contributed by atoms with Gasteiger partial charge in [0.15, 0.2) is 5.78 Å². The first-order valence-electron chi connectivity index (χ1n) is 6.72. The van der Waals surface area contributed by atoms with Crippen molar-refractivity contribution in [3.05, 3.63) is 35.0 Å². The normalized spacial score (nSPS) is 12.6. The summed E-state index contributed by atoms with van der Waals surface area (Å²) < 4.78 is 2.74. The molecule has 1 amide bonds. The second kappa shape index (κ2) is 5.90. The number of nitrogens with one attached hydrogen (secondary N) is 1. The number of amides is 1. The highest BCUT2D eigenvalue weighted by Gasteiger charge is 2.20. The highest BCUT2D eigenvalue weighted by molar-refractivity contribution is 5.87. The fourth-order valence-corrected chi connectivity index (χ4v) is 2.20. The van der Waals surface area contributed by atoms with E-state index in [1.807, 2.05) is 13.8 Å². The van der Waals surface area contributed by atoms with Crippen LogP contribution in [0.5, 0.6) is 0 Å². The summed E-state index contributed by atoms with van der Waals surface area (Å²) in [6, 6.07) is 1.05. The van der Waals surface area contributed by atoms with Crippen molar-refractivity contribution in [3.8, 4) is 0 Å². The maximum Gasteiger partial charge on any atom is 0.277 e. The number of carbonyl (C=O) groups excluding carboxylic acids is 2. The van der Waals surface area contributed by atoms with Gasteiger partial charge in [0, 0.05) is 12.4 Å². The summed E-state index contributed by atoms with van der Waals surface area (Å²) in [6.07, 6.45) is 4.63. The van der Waals surface area contributed by atoms with Gasteiger partial charge in [-0.15, -0.1) is 0 Å². The van der Waals surface area contributed by atoms with Crippen LogP contribution in [0.4, 0.5) is 0 Å². The van der Waals surface area contributed by atoms with Crippen molar-refractivity contribution in [1.82, 2.24) is 19.5 Å². The predicted molar refractivity (Wildman–Crippen MR) is 76.9 cm³/mol. The largest absolute Gasteiger partial charge is 0.344 e. The summed E-state index contributed by atoms with van der Waals surface area (Å²) >= 11 is 0. The van der Waals surface area contributed by atoms with E-state index in [1.54, 1.807) is 12.3 Å². The molecule has 2 rings (SSSR count). The number of hydrogen-bond acceptors (Lipinski definition) is 4. The fourth-order valence-electron chi connectivity index (χ4n) is 2.20. The van der Waals surface area contributed by atoms with Crippen LogP contribution in [0.15, 0.2) is 29.5 Å². The van der Waals surface area contributed by atoms with Gasteiger partial charge in [-0.05, 0) is 18.9 Å². The van der Waals surface area contributed by atoms with Crippen molar-refractivity contribution in [2.24, 2.45) is 5.92 Å². The van der Waals surface area contributed by atoms with Crippen LogP contribution in [-0.2, 0) is 16.1 Å². The zero-order valence-corrected chi connectivity index (χ0v) is 12.2. The van der Waals surface area contributed by atoms with Crippen molar-refractivity contribution in [3.63, 3.8) is 0 Å². The first-order chi connectivity index (χ1) is 9.90. The number of nitrogens with zero attached hydrogens (tertiary/aromatic N) is 3. The number of aromatic nitrogens is 3. The molecule has 0 radical (unpaired) electrons. The summed E-state index contributed by atoms with van der Waals surface area (Å²) in [5.41, 5.74) is 0.103. The Bertz CT molecular complexity index is 729. The Labute approximate surface area is 121 Å². The van der Waals surface area contributed by atoms with Gasteiger partial charge in [0.05, 0.1) is 12.2 Å². The molecule has 0 spiro atoms. The highest BCUT2D eigenvalue weighted by atomic mass is 16.2. The average molecular weight is 290 g/mol. The molecule has 2 aromatic heterocycles. The van der Waals surface area contributed by atoms with E-state index in [1.165, 1.54) is 28.4 Å². The Kier molecular flexibility index (Phi) is 4.21. The summed E-state index contributed by atoms with van der Waals surface area (Å²) in [6.45, 7) is 5.03. The quantitative estimate of drug-likeness (QED) is 0.854. The standard InChI is InChI=1S/C14H18N4O3/c1-9(2)13(10(3)19)16-12(20)8-17-6-7-18-11(14(17)21)4-5-15-18/h4-7,9,13H,8H2,1-3H3,(H,16,20). The second-order valence-electron chi connectivity index (χ2n) is 5.29. The minimum absolute atomic E-state index is 0.000446. The number of hydrogen-bond donors (Lipinski definition) is 1. The maximum atomic E-state index is 12.1. The first-order valence-corrected chi connectivity index (χ1v) is 6.72. The molecule has 2 aromatic rings. The number of ketones is 1. The second-order valence-corrected chi connectivity index (χ2v) is 5.29. The van der Waals surface area contributed by atoms with Crippen LogP contribution in [0.1, 0.15) is 20.8 Å². The monoisotopic (exact) mass is 290 g/mol. The molecule has 0 saturated heterocycles. The van der Waals surface area contributed by atoms with Gasteiger partial charge in [0.1, 0.15) is 12.1 Å². The zero-order valence-electron chi connectivity index (χ0n) is 12.2. The third-order valence-electron chi connectivity index (χ3n) is 3.27. The van der Waals surface area contributed by atoms with E-state index >= 15 is 0 Å². The molecular weight excluding hydrogens is 272 g/mol. The molecule has 0 aliphatic rings. The van der Waals surface area contributed by atoms with Crippen molar-refractivity contribution in [1.29, 1.82) is 0 Å². The average Bonchev–Trinajstić information content (AvgIpc) is 2.87. The molecule has 2 heterocycles. The Morgan fingerprint density at radius 2 is 2.05 bits per heavy atom. The molecule has 0 aliphatic carbocycles. The fraction of sp³-hybridized carbons (Fsp3) is 0.429. The minimum Gasteiger partial charge on any atom is -0.344 e. The molecule has 112 valence electrons. The van der Waals surface area contributed by atoms with Crippen LogP contribution in [0, 0.1) is 5.92 Å². The summed E-state index contributed by atoms with van der Waals surface area (Å²) in [5, 5.41) is 6.62. The minimum atomic E-state index is -0.535. The predicted octanol–water partition coefficient (Wildman–Crippen LogP) is 0.226. The SMILES string of the molecule is CC(=O)C(NC(=O)Cn1ccn2nccc2c1=O)C(C)C. The number of carbonyl (C=O) groups is 2. The lowest BCUT2D eigenvalue weighted by atomic mass is 10.0. The molecule has 0 bridgehead atoms. The Morgan fingerprint density at radius 3 is 2.67 bits per heavy atom. The third kappa shape index (κ3) is 3.18. The lowest BCUT2D eigenvalue weighted by Gasteiger charge is -2.19. The Hall–Kier alpha value is -2.44. The van der Waals surface area contributed by atoms with E-state index in [0.717, 1.165) is 0 Å². The highest BCUT2D eigenvalue weighted by Crippen LogP contribution is 2.03. The van der Waals surface area contributed by atoms with Gasteiger partial charge in [-0.2, -0.15) is 5.10 Å². The van der Waals surface area contributed by atoms with Crippen molar-refractivity contribution >= 4 is 17.2 Å². The summed E-state index contributed by atoms with van der Waals surface area (Å²) in [5.74, 6) is -0.465. The maximum absolute atomic E-state index is 12.1. The van der Waals surface area contributed by atoms with Crippen LogP contribution in [-0.4, -0.2) is 31.9 Å². The molecular formula is C14H18N4O3. The molecule has 7 heteroatoms. The smallest absolute Gasteiger partial charge is 0.277 e. The van der Waals surface area contributed by atoms with Crippen molar-refractivity contribution in [2.45, 2.75) is 33.4 Å². The summed E-state index contributed by atoms with van der Waals surface area (Å²) in [7, 11) is 0.